The molecule has 1 aliphatic heterocycles. The second-order valence-electron chi connectivity index (χ2n) is 9.83. The van der Waals surface area contributed by atoms with Crippen molar-refractivity contribution >= 4 is 29.3 Å². The van der Waals surface area contributed by atoms with E-state index in [0.717, 1.165) is 17.8 Å². The van der Waals surface area contributed by atoms with Crippen LogP contribution in [0.15, 0.2) is 46.9 Å². The molecule has 1 fully saturated rings. The quantitative estimate of drug-likeness (QED) is 0.206. The van der Waals surface area contributed by atoms with Crippen molar-refractivity contribution in [3.8, 4) is 0 Å². The first-order chi connectivity index (χ1) is 15.8. The van der Waals surface area contributed by atoms with Crippen LogP contribution in [0.4, 0.5) is 26.3 Å². The van der Waals surface area contributed by atoms with Gasteiger partial charge < -0.3 is 10.0 Å². The Hall–Kier alpha value is -1.39. The Morgan fingerprint density at radius 2 is 1.71 bits per heavy atom. The van der Waals surface area contributed by atoms with E-state index in [0.29, 0.717) is 18.7 Å². The summed E-state index contributed by atoms with van der Waals surface area (Å²) in [6.07, 6.45) is -7.92. The van der Waals surface area contributed by atoms with Gasteiger partial charge in [0.25, 0.3) is 5.91 Å². The topological polar surface area (TPSA) is 40.5 Å². The SMILES string of the molecule is C=CC(C)C(SC(=C)C(=O)N1CC(C(C)(C)O)C1)C1=CCC(C(C)(C(F)(F)F)C(F)(F)F)C=C1Cl. The minimum Gasteiger partial charge on any atom is -0.390 e. The van der Waals surface area contributed by atoms with Crippen molar-refractivity contribution in [2.24, 2.45) is 23.2 Å². The highest BCUT2D eigenvalue weighted by atomic mass is 35.5. The van der Waals surface area contributed by atoms with Crippen LogP contribution in [0.1, 0.15) is 34.1 Å². The van der Waals surface area contributed by atoms with Crippen LogP contribution in [-0.2, 0) is 4.79 Å². The predicted octanol–water partition coefficient (Wildman–Crippen LogP) is 6.85. The molecule has 3 unspecified atom stereocenters. The van der Waals surface area contributed by atoms with Gasteiger partial charge in [0.2, 0.25) is 0 Å². The first-order valence-corrected chi connectivity index (χ1v) is 12.2. The van der Waals surface area contributed by atoms with Crippen molar-refractivity contribution in [1.82, 2.24) is 4.90 Å². The first kappa shape index (κ1) is 29.8. The molecule has 2 rings (SSSR count). The van der Waals surface area contributed by atoms with Crippen molar-refractivity contribution < 1.29 is 36.2 Å². The number of rotatable bonds is 8. The average molecular weight is 546 g/mol. The molecule has 35 heavy (non-hydrogen) atoms. The molecule has 3 atom stereocenters. The highest BCUT2D eigenvalue weighted by molar-refractivity contribution is 8.04. The Kier molecular flexibility index (Phi) is 8.67. The molecule has 0 bridgehead atoms. The van der Waals surface area contributed by atoms with Crippen LogP contribution < -0.4 is 0 Å². The molecular formula is C24H30ClF6NO2S. The summed E-state index contributed by atoms with van der Waals surface area (Å²) >= 11 is 7.31. The molecule has 0 spiro atoms. The molecule has 0 aromatic heterocycles. The number of allylic oxidation sites excluding steroid dienone is 4. The number of amides is 1. The molecule has 1 heterocycles. The van der Waals surface area contributed by atoms with Gasteiger partial charge in [-0.25, -0.2) is 0 Å². The normalized spacial score (nSPS) is 22.1. The van der Waals surface area contributed by atoms with Crippen LogP contribution in [0, 0.1) is 23.2 Å². The number of carbonyl (C=O) groups excluding carboxylic acids is 1. The van der Waals surface area contributed by atoms with Gasteiger partial charge in [-0.2, -0.15) is 26.3 Å². The number of halogens is 7. The van der Waals surface area contributed by atoms with Crippen LogP contribution in [-0.4, -0.2) is 52.2 Å². The number of aliphatic hydroxyl groups is 1. The van der Waals surface area contributed by atoms with Crippen molar-refractivity contribution in [2.45, 2.75) is 57.3 Å². The molecule has 1 saturated heterocycles. The van der Waals surface area contributed by atoms with Crippen molar-refractivity contribution in [2.75, 3.05) is 13.1 Å². The molecule has 1 N–H and O–H groups in total. The van der Waals surface area contributed by atoms with E-state index < -0.39 is 41.0 Å². The summed E-state index contributed by atoms with van der Waals surface area (Å²) in [6, 6.07) is 0. The Bertz CT molecular complexity index is 898. The minimum absolute atomic E-state index is 0.0842. The van der Waals surface area contributed by atoms with Gasteiger partial charge in [0.1, 0.15) is 0 Å². The Morgan fingerprint density at radius 3 is 2.11 bits per heavy atom. The fourth-order valence-electron chi connectivity index (χ4n) is 3.98. The second-order valence-corrected chi connectivity index (χ2v) is 11.5. The second kappa shape index (κ2) is 10.2. The Morgan fingerprint density at radius 1 is 1.20 bits per heavy atom. The smallest absolute Gasteiger partial charge is 0.390 e. The maximum absolute atomic E-state index is 13.5. The highest BCUT2D eigenvalue weighted by Crippen LogP contribution is 2.57. The number of hydrogen-bond donors (Lipinski definition) is 1. The molecule has 198 valence electrons. The van der Waals surface area contributed by atoms with Crippen LogP contribution in [0.5, 0.6) is 0 Å². The van der Waals surface area contributed by atoms with E-state index in [2.05, 4.69) is 13.2 Å². The van der Waals surface area contributed by atoms with Gasteiger partial charge in [-0.15, -0.1) is 18.3 Å². The van der Waals surface area contributed by atoms with Crippen molar-refractivity contribution in [3.63, 3.8) is 0 Å². The number of hydrogen-bond acceptors (Lipinski definition) is 3. The van der Waals surface area contributed by atoms with Gasteiger partial charge in [0.05, 0.1) is 10.5 Å². The number of thioether (sulfide) groups is 1. The molecule has 3 nitrogen and oxygen atoms in total. The molecule has 1 amide bonds. The molecule has 0 saturated carbocycles. The van der Waals surface area contributed by atoms with Gasteiger partial charge in [-0.3, -0.25) is 4.79 Å². The van der Waals surface area contributed by atoms with Gasteiger partial charge >= 0.3 is 12.4 Å². The maximum Gasteiger partial charge on any atom is 0.403 e. The van der Waals surface area contributed by atoms with Gasteiger partial charge in [0.15, 0.2) is 5.41 Å². The molecule has 11 heteroatoms. The number of alkyl halides is 6. The van der Waals surface area contributed by atoms with Gasteiger partial charge in [-0.1, -0.05) is 43.3 Å². The molecule has 1 aliphatic carbocycles. The zero-order chi connectivity index (χ0) is 27.1. The summed E-state index contributed by atoms with van der Waals surface area (Å²) in [7, 11) is 0. The standard InChI is InChI=1S/C24H30ClF6NO2S/c1-7-13(2)19(35-14(3)20(33)32-11-16(12-32)21(4,5)34)17-9-8-15(10-18(17)25)22(6,23(26,27)28)24(29,30)31/h7,9-10,13,15-16,19,34H,1,3,8,11-12H2,2,4-6H3. The molecule has 0 aromatic rings. The summed E-state index contributed by atoms with van der Waals surface area (Å²) in [4.78, 5) is 14.5. The lowest BCUT2D eigenvalue weighted by Crippen LogP contribution is -2.57. The lowest BCUT2D eigenvalue weighted by Gasteiger charge is -2.45. The van der Waals surface area contributed by atoms with E-state index in [1.807, 2.05) is 0 Å². The van der Waals surface area contributed by atoms with Gasteiger partial charge in [0, 0.05) is 35.2 Å². The van der Waals surface area contributed by atoms with Gasteiger partial charge in [-0.05, 0) is 38.7 Å². The molecule has 0 radical (unpaired) electrons. The molecule has 0 aromatic carbocycles. The van der Waals surface area contributed by atoms with E-state index in [1.54, 1.807) is 26.8 Å². The summed E-state index contributed by atoms with van der Waals surface area (Å²) in [5, 5.41) is 9.24. The third kappa shape index (κ3) is 5.96. The summed E-state index contributed by atoms with van der Waals surface area (Å²) in [6.45, 7) is 13.5. The third-order valence-electron chi connectivity index (χ3n) is 6.97. The van der Waals surface area contributed by atoms with Crippen LogP contribution in [0.3, 0.4) is 0 Å². The number of likely N-dealkylation sites (tertiary alicyclic amines) is 1. The fraction of sp³-hybridized carbons (Fsp3) is 0.625. The van der Waals surface area contributed by atoms with Crippen LogP contribution in [0.2, 0.25) is 0 Å². The van der Waals surface area contributed by atoms with E-state index in [9.17, 15) is 36.2 Å². The maximum atomic E-state index is 13.5. The summed E-state index contributed by atoms with van der Waals surface area (Å²) in [5.41, 5.74) is -4.57. The zero-order valence-electron chi connectivity index (χ0n) is 19.9. The lowest BCUT2D eigenvalue weighted by molar-refractivity contribution is -0.346. The lowest BCUT2D eigenvalue weighted by atomic mass is 9.71. The van der Waals surface area contributed by atoms with Crippen molar-refractivity contribution in [3.05, 3.63) is 46.9 Å². The van der Waals surface area contributed by atoms with Crippen molar-refractivity contribution in [1.29, 1.82) is 0 Å². The Labute approximate surface area is 210 Å². The van der Waals surface area contributed by atoms with E-state index >= 15 is 0 Å². The van der Waals surface area contributed by atoms with Crippen LogP contribution in [0.25, 0.3) is 0 Å². The fourth-order valence-corrected chi connectivity index (χ4v) is 5.60. The van der Waals surface area contributed by atoms with Crippen LogP contribution >= 0.6 is 23.4 Å². The molecule has 2 aliphatic rings. The summed E-state index contributed by atoms with van der Waals surface area (Å²) < 4.78 is 81.2. The minimum atomic E-state index is -5.53. The highest BCUT2D eigenvalue weighted by Gasteiger charge is 2.70. The van der Waals surface area contributed by atoms with E-state index in [1.165, 1.54) is 11.0 Å². The Balaban J connectivity index is 2.24. The number of nitrogens with zero attached hydrogens (tertiary/aromatic N) is 1. The monoisotopic (exact) mass is 545 g/mol. The molecular weight excluding hydrogens is 516 g/mol. The zero-order valence-corrected chi connectivity index (χ0v) is 21.5. The van der Waals surface area contributed by atoms with E-state index in [4.69, 9.17) is 11.6 Å². The largest absolute Gasteiger partial charge is 0.403 e. The summed E-state index contributed by atoms with van der Waals surface area (Å²) in [5.74, 6) is -2.70. The third-order valence-corrected chi connectivity index (χ3v) is 8.71. The van der Waals surface area contributed by atoms with E-state index in [-0.39, 0.29) is 34.6 Å². The number of carbonyl (C=O) groups is 1. The predicted molar refractivity (Wildman–Crippen MR) is 127 cm³/mol. The average Bonchev–Trinajstić information content (AvgIpc) is 2.66. The first-order valence-electron chi connectivity index (χ1n) is 11.0.